The van der Waals surface area contributed by atoms with Crippen molar-refractivity contribution in [2.75, 3.05) is 168 Å². The van der Waals surface area contributed by atoms with Gasteiger partial charge in [-0.2, -0.15) is 8.78 Å². The van der Waals surface area contributed by atoms with E-state index in [4.69, 9.17) is 51.4 Å². The van der Waals surface area contributed by atoms with Crippen LogP contribution in [0.2, 0.25) is 0 Å². The third kappa shape index (κ3) is 54.5. The number of aliphatic carboxylic acids is 1. The van der Waals surface area contributed by atoms with Crippen LogP contribution in [0.15, 0.2) is 60.7 Å². The molecular formula is C66H119F5N4O24P5+3. The van der Waals surface area contributed by atoms with Crippen molar-refractivity contribution in [3.63, 3.8) is 0 Å². The monoisotopic (exact) mass is 1600 g/mol. The maximum absolute atomic E-state index is 13.5. The van der Waals surface area contributed by atoms with Gasteiger partial charge in [0.25, 0.3) is 0 Å². The molecule has 604 valence electrons. The first kappa shape index (κ1) is 104. The van der Waals surface area contributed by atoms with E-state index in [1.165, 1.54) is 0 Å². The number of ether oxygens (including phenoxy) is 3. The van der Waals surface area contributed by atoms with Crippen molar-refractivity contribution < 1.29 is 148 Å². The quantitative estimate of drug-likeness (QED) is 0.00667. The number of aliphatic hydroxyl groups is 1. The van der Waals surface area contributed by atoms with Gasteiger partial charge in [0.2, 0.25) is 34.8 Å². The molecule has 5 atom stereocenters. The van der Waals surface area contributed by atoms with Crippen molar-refractivity contribution in [2.45, 2.75) is 125 Å². The zero-order valence-electron chi connectivity index (χ0n) is 61.9. The number of phosphoric acid groups is 3. The van der Waals surface area contributed by atoms with Gasteiger partial charge in [0.05, 0.1) is 114 Å². The molecule has 1 aliphatic rings. The average Bonchev–Trinajstić information content (AvgIpc) is 1.08. The van der Waals surface area contributed by atoms with Crippen LogP contribution in [0.25, 0.3) is 0 Å². The molecule has 38 heteroatoms. The molecular weight excluding hydrogens is 1480 g/mol. The van der Waals surface area contributed by atoms with Crippen molar-refractivity contribution in [3.05, 3.63) is 101 Å². The molecule has 0 amide bonds. The third-order valence-electron chi connectivity index (χ3n) is 13.7. The number of carbonyl (C=O) groups excluding carboxylic acids is 3. The summed E-state index contributed by atoms with van der Waals surface area (Å²) >= 11 is 0. The summed E-state index contributed by atoms with van der Waals surface area (Å²) in [6, 6.07) is 19.3. The molecule has 3 aromatic rings. The van der Waals surface area contributed by atoms with Crippen LogP contribution in [0.5, 0.6) is 5.75 Å². The summed E-state index contributed by atoms with van der Waals surface area (Å²) in [5, 5.41) is 15.6. The minimum atomic E-state index is -4.14. The van der Waals surface area contributed by atoms with Gasteiger partial charge in [-0.1, -0.05) is 95.8 Å². The Morgan fingerprint density at radius 2 is 0.837 bits per heavy atom. The fourth-order valence-electron chi connectivity index (χ4n) is 7.93. The number of carboxylic acid groups (broad SMARTS) is 1. The van der Waals surface area contributed by atoms with E-state index in [1.807, 2.05) is 124 Å². The number of carbonyl (C=O) groups is 4. The Bertz CT molecular complexity index is 3010. The number of nitrogens with zero attached hydrogens (tertiary/aromatic N) is 4. The predicted molar refractivity (Wildman–Crippen MR) is 387 cm³/mol. The number of halogens is 5. The Labute approximate surface area is 613 Å². The molecule has 0 spiro atoms. The van der Waals surface area contributed by atoms with Crippen LogP contribution in [0.3, 0.4) is 0 Å². The third-order valence-corrected chi connectivity index (χ3v) is 21.2. The van der Waals surface area contributed by atoms with Gasteiger partial charge >= 0.3 is 54.6 Å². The van der Waals surface area contributed by atoms with Gasteiger partial charge in [-0.3, -0.25) is 50.9 Å². The second kappa shape index (κ2) is 57.1. The number of phosphoric ester groups is 3. The summed E-state index contributed by atoms with van der Waals surface area (Å²) in [6.07, 6.45) is 6.45. The highest BCUT2D eigenvalue weighted by atomic mass is 32.1. The van der Waals surface area contributed by atoms with Gasteiger partial charge in [0.1, 0.15) is 52.7 Å². The van der Waals surface area contributed by atoms with Crippen molar-refractivity contribution in [2.24, 2.45) is 0 Å². The van der Waals surface area contributed by atoms with Gasteiger partial charge in [0, 0.05) is 47.2 Å². The number of rotatable bonds is 45. The highest BCUT2D eigenvalue weighted by Crippen LogP contribution is 2.69. The molecule has 0 saturated carbocycles. The highest BCUT2D eigenvalue weighted by molar-refractivity contribution is 8.20. The van der Waals surface area contributed by atoms with Gasteiger partial charge in [0.15, 0.2) is 0 Å². The van der Waals surface area contributed by atoms with Gasteiger partial charge in [-0.25, -0.2) is 26.9 Å². The van der Waals surface area contributed by atoms with Crippen molar-refractivity contribution in [1.29, 1.82) is 0 Å². The summed E-state index contributed by atoms with van der Waals surface area (Å²) in [5.41, 5.74) is 2.00. The second-order valence-corrected chi connectivity index (χ2v) is 34.2. The van der Waals surface area contributed by atoms with Crippen LogP contribution in [-0.4, -0.2) is 235 Å². The van der Waals surface area contributed by atoms with E-state index in [-0.39, 0.29) is 95.9 Å². The number of hydrogen-bond acceptors (Lipinski definition) is 21. The standard InChI is InChI=1S/C18H30NO6P.C17H23F5NO6P.C13H19NO2.C11H24NO6P.C5H12O3P2.CH4O.CH4/c1-4-14-24-26(21,22)25-15-13-19(2,3)12-8-11-18(20)23-16-17-9-6-5-7-10-17;1-4-9-27-30(25,26)28-10-8-23(2,3)7-5-6-11(24)29-17-15(21)13(19)12(18)14(20)16(17)22;1-14(2)10-6-9-13(15)16-11-12-7-4-3-5-8-12;1-4-9-17-19(15,16)18-10-8-12(2,3)7-5-6-11(13)14;1-2-3-7-10(6)8-4-5-9-10;1-2;/h5-7,9-10H,4,8,11-16H2,1-3H3;4-10H2,1-3H3;3-5,7-8H,6,9-11H2,1-2H3;4-10H2,1-3H3,(H-,13,14,15,16);9H,2-5H2,1H3;2H,1H3;1H4/p+3. The van der Waals surface area contributed by atoms with E-state index in [2.05, 4.69) is 14.2 Å². The van der Waals surface area contributed by atoms with E-state index in [1.54, 1.807) is 21.0 Å². The second-order valence-electron chi connectivity index (χ2n) is 24.9. The Balaban J connectivity index is -0.00000126. The largest absolute Gasteiger partial charge is 0.481 e. The van der Waals surface area contributed by atoms with E-state index >= 15 is 0 Å². The number of quaternary nitrogens is 3. The number of carboxylic acids is 1. The Kier molecular flexibility index (Phi) is 57.1. The van der Waals surface area contributed by atoms with Crippen LogP contribution >= 0.6 is 39.0 Å². The SMILES string of the molecule is C.CCCOP(=O)(O)OCC[N+](C)(C)CCCC(=O)O.CCCOP(=O)(O)OCC[N+](C)(C)CCCC(=O)OCc1ccccc1.CCCOP(=O)(O)OCC[N+](C)(C)CCCC(=O)Oc1c(F)c(F)c(F)c(F)c1F.CCCOP1(=O)OCCP1.CN(C)CCCC(=O)OCc1ccccc1.CO. The summed E-state index contributed by atoms with van der Waals surface area (Å²) in [4.78, 5) is 75.6. The average molecular weight is 1600 g/mol. The maximum atomic E-state index is 13.5. The molecule has 4 rings (SSSR count). The van der Waals surface area contributed by atoms with Gasteiger partial charge in [-0.05, 0) is 63.9 Å². The molecule has 5 unspecified atom stereocenters. The molecule has 28 nitrogen and oxygen atoms in total. The minimum absolute atomic E-state index is 0. The van der Waals surface area contributed by atoms with E-state index < -0.39 is 77.5 Å². The first-order valence-corrected chi connectivity index (χ1v) is 41.6. The van der Waals surface area contributed by atoms with E-state index in [0.29, 0.717) is 108 Å². The van der Waals surface area contributed by atoms with Crippen LogP contribution in [0, 0.1) is 29.1 Å². The molecule has 1 saturated heterocycles. The lowest BCUT2D eigenvalue weighted by Crippen LogP contribution is -2.43. The van der Waals surface area contributed by atoms with Gasteiger partial charge < -0.3 is 66.5 Å². The van der Waals surface area contributed by atoms with Crippen molar-refractivity contribution >= 4 is 62.9 Å². The summed E-state index contributed by atoms with van der Waals surface area (Å²) in [7, 11) is 2.02. The molecule has 0 radical (unpaired) electrons. The Morgan fingerprint density at radius 1 is 0.510 bits per heavy atom. The molecule has 1 heterocycles. The molecule has 1 aliphatic heterocycles. The number of esters is 3. The summed E-state index contributed by atoms with van der Waals surface area (Å²) in [5.74, 6) is -15.2. The zero-order chi connectivity index (χ0) is 78.8. The number of benzene rings is 3. The molecule has 3 aromatic carbocycles. The predicted octanol–water partition coefficient (Wildman–Crippen LogP) is 12.8. The summed E-state index contributed by atoms with van der Waals surface area (Å²) < 4.78 is 167. The molecule has 0 bridgehead atoms. The van der Waals surface area contributed by atoms with Crippen LogP contribution in [0.1, 0.15) is 123 Å². The molecule has 104 heavy (non-hydrogen) atoms. The van der Waals surface area contributed by atoms with Crippen LogP contribution < -0.4 is 4.74 Å². The maximum Gasteiger partial charge on any atom is 0.472 e. The smallest absolute Gasteiger partial charge is 0.472 e. The molecule has 0 aliphatic carbocycles. The first-order chi connectivity index (χ1) is 48.2. The number of likely N-dealkylation sites (N-methyl/N-ethyl adjacent to an activating group) is 3. The fourth-order valence-corrected chi connectivity index (χ4v) is 14.2. The lowest BCUT2D eigenvalue weighted by molar-refractivity contribution is -0.890. The molecule has 5 N–H and O–H groups in total. The normalized spacial score (nSPS) is 15.3. The minimum Gasteiger partial charge on any atom is -0.481 e. The number of aliphatic hydroxyl groups excluding tert-OH is 1. The highest BCUT2D eigenvalue weighted by Gasteiger charge is 2.31. The van der Waals surface area contributed by atoms with Crippen LogP contribution in [-0.2, 0) is 96.3 Å². The van der Waals surface area contributed by atoms with Gasteiger partial charge in [-0.15, -0.1) is 0 Å². The van der Waals surface area contributed by atoms with E-state index in [0.717, 1.165) is 50.3 Å². The first-order valence-electron chi connectivity index (χ1n) is 33.6. The van der Waals surface area contributed by atoms with E-state index in [9.17, 15) is 74.1 Å². The number of hydrogen-bond donors (Lipinski definition) is 5. The summed E-state index contributed by atoms with van der Waals surface area (Å²) in [6.45, 7) is 13.8. The molecule has 0 aromatic heterocycles. The van der Waals surface area contributed by atoms with Crippen LogP contribution in [0.4, 0.5) is 22.0 Å². The Hall–Kier alpha value is -4.10. The lowest BCUT2D eigenvalue weighted by atomic mass is 10.2. The lowest BCUT2D eigenvalue weighted by Gasteiger charge is -2.29. The molecule has 1 fully saturated rings. The van der Waals surface area contributed by atoms with Crippen molar-refractivity contribution in [3.8, 4) is 5.75 Å². The zero-order valence-corrected chi connectivity index (χ0v) is 66.5. The Morgan fingerprint density at radius 3 is 1.16 bits per heavy atom. The fraction of sp³-hybridized carbons (Fsp3) is 0.667. The van der Waals surface area contributed by atoms with Crippen molar-refractivity contribution in [1.82, 2.24) is 4.90 Å². The topological polar surface area (TPSA) is 342 Å².